The van der Waals surface area contributed by atoms with Crippen LogP contribution < -0.4 is 4.40 Å². The third-order valence-corrected chi connectivity index (χ3v) is 13.4. The Labute approximate surface area is 311 Å². The number of aromatic nitrogens is 2. The Hall–Kier alpha value is -4.61. The van der Waals surface area contributed by atoms with Gasteiger partial charge in [-0.15, -0.1) is 18.2 Å². The van der Waals surface area contributed by atoms with Gasteiger partial charge < -0.3 is 9.40 Å². The van der Waals surface area contributed by atoms with Crippen LogP contribution in [0.1, 0.15) is 11.1 Å². The molecule has 0 unspecified atom stereocenters. The second-order valence-corrected chi connectivity index (χ2v) is 24.0. The minimum absolute atomic E-state index is 0. The summed E-state index contributed by atoms with van der Waals surface area (Å²) in [6.45, 7) is 4.32. The van der Waals surface area contributed by atoms with Crippen molar-refractivity contribution in [2.75, 3.05) is 0 Å². The number of furan rings is 1. The number of nitrogens with zero attached hydrogens (tertiary/aromatic N) is 2. The molecule has 0 fully saturated rings. The topological polar surface area (TPSA) is 38.9 Å². The Bertz CT molecular complexity index is 2380. The molecule has 5 heteroatoms. The molecule has 5 aromatic carbocycles. The molecule has 0 bridgehead atoms. The van der Waals surface area contributed by atoms with Gasteiger partial charge in [0, 0.05) is 37.3 Å². The first-order valence-electron chi connectivity index (χ1n) is 16.7. The van der Waals surface area contributed by atoms with E-state index in [1.165, 1.54) is 26.6 Å². The van der Waals surface area contributed by atoms with E-state index >= 15 is 0 Å². The Balaban J connectivity index is 0.000000204. The zero-order valence-electron chi connectivity index (χ0n) is 28.9. The van der Waals surface area contributed by atoms with Gasteiger partial charge >= 0.3 is 106 Å². The summed E-state index contributed by atoms with van der Waals surface area (Å²) in [5.74, 6) is 7.20. The zero-order chi connectivity index (χ0) is 34.0. The van der Waals surface area contributed by atoms with Crippen molar-refractivity contribution in [1.29, 1.82) is 0 Å². The molecular weight excluding hydrogens is 849 g/mol. The molecule has 8 rings (SSSR count). The number of pyridine rings is 2. The van der Waals surface area contributed by atoms with Gasteiger partial charge in [-0.25, -0.2) is 0 Å². The number of fused-ring (bicyclic) bond motifs is 3. The van der Waals surface area contributed by atoms with Gasteiger partial charge in [0.2, 0.25) is 0 Å². The van der Waals surface area contributed by atoms with Gasteiger partial charge in [0.25, 0.3) is 0 Å². The van der Waals surface area contributed by atoms with E-state index in [1.807, 2.05) is 42.6 Å². The summed E-state index contributed by atoms with van der Waals surface area (Å²) in [5, 5.41) is 2.19. The smallest absolute Gasteiger partial charge is 0 e. The van der Waals surface area contributed by atoms with Crippen molar-refractivity contribution in [1.82, 2.24) is 9.97 Å². The third-order valence-electron chi connectivity index (χ3n) is 8.90. The molecule has 50 heavy (non-hydrogen) atoms. The Morgan fingerprint density at radius 3 is 1.92 bits per heavy atom. The minimum atomic E-state index is -1.77. The number of rotatable bonds is 5. The summed E-state index contributed by atoms with van der Waals surface area (Å²) in [7, 11) is 0. The minimum Gasteiger partial charge on any atom is 0 e. The fraction of sp³-hybridized carbons (Fsp3) is 0.111. The molecule has 3 heterocycles. The SMILES string of the molecule is Cc1cc(-c2[c-]ccc3c2oc2cc(-c4ccccc4)ccc23)ncc1-c1ccccc1.Cc1cc(-c2[c-]cccc2)nc[c]1[Ge]([CH3])([CH3])[CH3].[Ir]. The van der Waals surface area contributed by atoms with Crippen LogP contribution in [0.3, 0.4) is 0 Å². The molecule has 0 aliphatic rings. The zero-order valence-corrected chi connectivity index (χ0v) is 33.4. The predicted octanol–water partition coefficient (Wildman–Crippen LogP) is 11.5. The maximum atomic E-state index is 6.38. The summed E-state index contributed by atoms with van der Waals surface area (Å²) in [4.78, 5) is 9.37. The quantitative estimate of drug-likeness (QED) is 0.128. The maximum Gasteiger partial charge on any atom is 0 e. The van der Waals surface area contributed by atoms with E-state index in [9.17, 15) is 0 Å². The number of hydrogen-bond donors (Lipinski definition) is 0. The molecule has 249 valence electrons. The third kappa shape index (κ3) is 7.44. The number of benzene rings is 5. The first-order chi connectivity index (χ1) is 23.8. The molecule has 0 N–H and O–H groups in total. The molecule has 0 saturated heterocycles. The van der Waals surface area contributed by atoms with Crippen molar-refractivity contribution in [3.8, 4) is 44.8 Å². The van der Waals surface area contributed by atoms with Gasteiger partial charge in [0.15, 0.2) is 0 Å². The van der Waals surface area contributed by atoms with Gasteiger partial charge in [-0.1, -0.05) is 89.8 Å². The summed E-state index contributed by atoms with van der Waals surface area (Å²) < 4.78 is 7.87. The van der Waals surface area contributed by atoms with Crippen LogP contribution in [-0.2, 0) is 20.1 Å². The Kier molecular flexibility index (Phi) is 10.6. The summed E-state index contributed by atoms with van der Waals surface area (Å²) >= 11 is -1.77. The molecular formula is C45H38GeIrN2O-2. The number of hydrogen-bond acceptors (Lipinski definition) is 3. The van der Waals surface area contributed by atoms with Gasteiger partial charge in [0.1, 0.15) is 5.58 Å². The average molecular weight is 888 g/mol. The van der Waals surface area contributed by atoms with E-state index in [0.29, 0.717) is 0 Å². The maximum absolute atomic E-state index is 6.38. The van der Waals surface area contributed by atoms with Gasteiger partial charge in [0.05, 0.1) is 5.58 Å². The van der Waals surface area contributed by atoms with E-state index in [1.54, 1.807) is 0 Å². The predicted molar refractivity (Wildman–Crippen MR) is 208 cm³/mol. The van der Waals surface area contributed by atoms with E-state index in [2.05, 4.69) is 145 Å². The summed E-state index contributed by atoms with van der Waals surface area (Å²) in [6, 6.07) is 50.1. The standard InChI is InChI=1S/C30H20NO.C15H18GeN.Ir/c1-20-17-28(31-19-27(20)22-11-6-3-7-12-22)26-14-8-13-25-24-16-15-23(18-29(24)32-30(25)26)21-9-4-2-5-10-21;1-12-10-15(13-8-6-5-7-9-13)17-11-14(12)16(2,3)4;/h2-13,15-19H,1H3;5-8,10-11H,1-4H3;/q2*-1;. The van der Waals surface area contributed by atoms with Crippen LogP contribution >= 0.6 is 0 Å². The molecule has 0 aliphatic carbocycles. The first kappa shape index (κ1) is 35.2. The molecule has 1 radical (unpaired) electrons. The van der Waals surface area contributed by atoms with E-state index in [0.717, 1.165) is 55.6 Å². The molecule has 0 saturated carbocycles. The van der Waals surface area contributed by atoms with Crippen LogP contribution in [0.5, 0.6) is 0 Å². The fourth-order valence-corrected chi connectivity index (χ4v) is 9.98. The van der Waals surface area contributed by atoms with Crippen molar-refractivity contribution >= 4 is 39.6 Å². The van der Waals surface area contributed by atoms with Crippen LogP contribution in [0.4, 0.5) is 0 Å². The van der Waals surface area contributed by atoms with Gasteiger partial charge in [-0.3, -0.25) is 0 Å². The molecule has 8 aromatic rings. The molecule has 3 aromatic heterocycles. The van der Waals surface area contributed by atoms with Crippen LogP contribution in [0, 0.1) is 26.0 Å². The van der Waals surface area contributed by atoms with E-state index in [-0.39, 0.29) is 20.1 Å². The van der Waals surface area contributed by atoms with E-state index in [4.69, 9.17) is 9.40 Å². The Morgan fingerprint density at radius 1 is 0.580 bits per heavy atom. The van der Waals surface area contributed by atoms with Crippen LogP contribution in [-0.4, -0.2) is 23.2 Å². The molecule has 0 amide bonds. The normalized spacial score (nSPS) is 11.1. The molecule has 0 aliphatic heterocycles. The fourth-order valence-electron chi connectivity index (χ4n) is 6.40. The molecule has 3 nitrogen and oxygen atoms in total. The Morgan fingerprint density at radius 2 is 1.26 bits per heavy atom. The second kappa shape index (κ2) is 15.1. The molecule has 0 spiro atoms. The molecule has 0 atom stereocenters. The van der Waals surface area contributed by atoms with Gasteiger partial charge in [-0.05, 0) is 40.9 Å². The monoisotopic (exact) mass is 889 g/mol. The number of aryl methyl sites for hydroxylation is 2. The van der Waals surface area contributed by atoms with Crippen molar-refractivity contribution in [3.05, 3.63) is 163 Å². The largest absolute Gasteiger partial charge is 0 e. The summed E-state index contributed by atoms with van der Waals surface area (Å²) in [6.07, 6.45) is 4.02. The van der Waals surface area contributed by atoms with Crippen LogP contribution in [0.2, 0.25) is 17.3 Å². The summed E-state index contributed by atoms with van der Waals surface area (Å²) in [5.41, 5.74) is 12.7. The van der Waals surface area contributed by atoms with Crippen molar-refractivity contribution in [2.24, 2.45) is 0 Å². The van der Waals surface area contributed by atoms with Crippen molar-refractivity contribution in [2.45, 2.75) is 31.1 Å². The second-order valence-electron chi connectivity index (χ2n) is 13.4. The van der Waals surface area contributed by atoms with Crippen LogP contribution in [0.15, 0.2) is 144 Å². The van der Waals surface area contributed by atoms with Crippen LogP contribution in [0.25, 0.3) is 66.7 Å². The van der Waals surface area contributed by atoms with Gasteiger partial charge in [-0.2, -0.15) is 0 Å². The first-order valence-corrected chi connectivity index (χ1v) is 24.0. The van der Waals surface area contributed by atoms with E-state index < -0.39 is 13.3 Å². The average Bonchev–Trinajstić information content (AvgIpc) is 3.51. The van der Waals surface area contributed by atoms with Crippen molar-refractivity contribution in [3.63, 3.8) is 0 Å². The van der Waals surface area contributed by atoms with Crippen molar-refractivity contribution < 1.29 is 24.5 Å².